The SMILES string of the molecule is CCOc1ccc(C(=O)Nc2ccc(N3CCN(C(=O)c4ccc(CC)cc4)CC3)cc2)cc1Cl. The number of carbonyl (C=O) groups excluding carboxylic acids is 2. The molecule has 1 N–H and O–H groups in total. The van der Waals surface area contributed by atoms with E-state index in [4.69, 9.17) is 16.3 Å². The standard InChI is InChI=1S/C28H30ClN3O3/c1-3-20-5-7-21(8-6-20)28(34)32-17-15-31(16-18-32)24-12-10-23(11-13-24)30-27(33)22-9-14-26(35-4-2)25(29)19-22/h5-14,19H,3-4,15-18H2,1-2H3,(H,30,33). The van der Waals surface area contributed by atoms with Crippen molar-refractivity contribution in [3.63, 3.8) is 0 Å². The van der Waals surface area contributed by atoms with Crippen molar-refractivity contribution in [3.8, 4) is 5.75 Å². The molecule has 3 aromatic rings. The summed E-state index contributed by atoms with van der Waals surface area (Å²) in [7, 11) is 0. The number of amides is 2. The zero-order chi connectivity index (χ0) is 24.8. The Bertz CT molecular complexity index is 1170. The largest absolute Gasteiger partial charge is 0.492 e. The van der Waals surface area contributed by atoms with Gasteiger partial charge < -0.3 is 19.9 Å². The first kappa shape index (κ1) is 24.6. The van der Waals surface area contributed by atoms with Gasteiger partial charge in [0.15, 0.2) is 0 Å². The number of halogens is 1. The van der Waals surface area contributed by atoms with Crippen LogP contribution < -0.4 is 15.0 Å². The number of hydrogen-bond donors (Lipinski definition) is 1. The minimum atomic E-state index is -0.234. The summed E-state index contributed by atoms with van der Waals surface area (Å²) < 4.78 is 5.42. The maximum absolute atomic E-state index is 12.8. The lowest BCUT2D eigenvalue weighted by molar-refractivity contribution is 0.0746. The molecule has 6 nitrogen and oxygen atoms in total. The lowest BCUT2D eigenvalue weighted by Crippen LogP contribution is -2.48. The molecule has 7 heteroatoms. The average Bonchev–Trinajstić information content (AvgIpc) is 2.90. The molecule has 0 atom stereocenters. The van der Waals surface area contributed by atoms with E-state index in [1.807, 2.05) is 60.4 Å². The molecule has 0 radical (unpaired) electrons. The fourth-order valence-electron chi connectivity index (χ4n) is 4.11. The van der Waals surface area contributed by atoms with Crippen molar-refractivity contribution in [2.45, 2.75) is 20.3 Å². The molecule has 1 aliphatic rings. The lowest BCUT2D eigenvalue weighted by Gasteiger charge is -2.36. The molecular formula is C28H30ClN3O3. The molecule has 0 aromatic heterocycles. The lowest BCUT2D eigenvalue weighted by atomic mass is 10.1. The highest BCUT2D eigenvalue weighted by Crippen LogP contribution is 2.26. The van der Waals surface area contributed by atoms with Crippen molar-refractivity contribution in [3.05, 3.63) is 88.4 Å². The Balaban J connectivity index is 1.31. The van der Waals surface area contributed by atoms with Gasteiger partial charge in [0.1, 0.15) is 5.75 Å². The maximum Gasteiger partial charge on any atom is 0.255 e. The second-order valence-corrected chi connectivity index (χ2v) is 8.82. The quantitative estimate of drug-likeness (QED) is 0.473. The van der Waals surface area contributed by atoms with Crippen molar-refractivity contribution >= 4 is 34.8 Å². The second-order valence-electron chi connectivity index (χ2n) is 8.41. The molecule has 35 heavy (non-hydrogen) atoms. The number of nitrogens with zero attached hydrogens (tertiary/aromatic N) is 2. The zero-order valence-corrected chi connectivity index (χ0v) is 20.8. The maximum atomic E-state index is 12.8. The number of piperazine rings is 1. The predicted octanol–water partition coefficient (Wildman–Crippen LogP) is 5.52. The van der Waals surface area contributed by atoms with Gasteiger partial charge >= 0.3 is 0 Å². The van der Waals surface area contributed by atoms with Crippen LogP contribution in [0.15, 0.2) is 66.7 Å². The summed E-state index contributed by atoms with van der Waals surface area (Å²) in [6, 6.07) is 20.6. The summed E-state index contributed by atoms with van der Waals surface area (Å²) in [5, 5.41) is 3.31. The van der Waals surface area contributed by atoms with E-state index in [9.17, 15) is 9.59 Å². The van der Waals surface area contributed by atoms with Gasteiger partial charge in [-0.1, -0.05) is 30.7 Å². The molecule has 1 fully saturated rings. The third-order valence-electron chi connectivity index (χ3n) is 6.16. The molecule has 0 bridgehead atoms. The highest BCUT2D eigenvalue weighted by atomic mass is 35.5. The zero-order valence-electron chi connectivity index (χ0n) is 20.1. The monoisotopic (exact) mass is 491 g/mol. The van der Waals surface area contributed by atoms with E-state index in [2.05, 4.69) is 17.1 Å². The van der Waals surface area contributed by atoms with Crippen LogP contribution in [0.3, 0.4) is 0 Å². The summed E-state index contributed by atoms with van der Waals surface area (Å²) in [5.41, 5.74) is 4.20. The molecule has 2 amide bonds. The van der Waals surface area contributed by atoms with E-state index in [0.29, 0.717) is 41.7 Å². The van der Waals surface area contributed by atoms with E-state index in [1.54, 1.807) is 18.2 Å². The van der Waals surface area contributed by atoms with Crippen LogP contribution in [0.1, 0.15) is 40.1 Å². The summed E-state index contributed by atoms with van der Waals surface area (Å²) in [6.07, 6.45) is 0.964. The second kappa shape index (κ2) is 11.3. The van der Waals surface area contributed by atoms with Gasteiger partial charge in [-0.15, -0.1) is 0 Å². The number of benzene rings is 3. The molecule has 0 spiro atoms. The van der Waals surface area contributed by atoms with Crippen LogP contribution in [0.2, 0.25) is 5.02 Å². The number of hydrogen-bond acceptors (Lipinski definition) is 4. The molecule has 182 valence electrons. The Labute approximate surface area is 211 Å². The number of aryl methyl sites for hydroxylation is 1. The number of ether oxygens (including phenoxy) is 1. The van der Waals surface area contributed by atoms with Crippen molar-refractivity contribution in [1.29, 1.82) is 0 Å². The van der Waals surface area contributed by atoms with Crippen molar-refractivity contribution in [2.24, 2.45) is 0 Å². The predicted molar refractivity (Wildman–Crippen MR) is 141 cm³/mol. The first-order valence-corrected chi connectivity index (χ1v) is 12.3. The average molecular weight is 492 g/mol. The number of anilines is 2. The van der Waals surface area contributed by atoms with Gasteiger partial charge in [-0.05, 0) is 73.5 Å². The number of nitrogens with one attached hydrogen (secondary N) is 1. The van der Waals surface area contributed by atoms with Crippen LogP contribution in [-0.2, 0) is 6.42 Å². The Morgan fingerprint density at radius 2 is 1.54 bits per heavy atom. The summed E-state index contributed by atoms with van der Waals surface area (Å²) >= 11 is 6.20. The van der Waals surface area contributed by atoms with Gasteiger partial charge in [0.2, 0.25) is 0 Å². The molecule has 0 unspecified atom stereocenters. The molecule has 0 saturated carbocycles. The van der Waals surface area contributed by atoms with E-state index in [0.717, 1.165) is 30.8 Å². The van der Waals surface area contributed by atoms with Crippen molar-refractivity contribution < 1.29 is 14.3 Å². The molecule has 1 aliphatic heterocycles. The Kier molecular flexibility index (Phi) is 7.93. The van der Waals surface area contributed by atoms with Crippen LogP contribution in [-0.4, -0.2) is 49.5 Å². The molecule has 3 aromatic carbocycles. The third kappa shape index (κ3) is 5.95. The van der Waals surface area contributed by atoms with Crippen LogP contribution in [0.4, 0.5) is 11.4 Å². The minimum absolute atomic E-state index is 0.0831. The molecule has 1 heterocycles. The van der Waals surface area contributed by atoms with Gasteiger partial charge in [0, 0.05) is 48.7 Å². The molecular weight excluding hydrogens is 462 g/mol. The highest BCUT2D eigenvalue weighted by Gasteiger charge is 2.22. The fourth-order valence-corrected chi connectivity index (χ4v) is 4.34. The van der Waals surface area contributed by atoms with Crippen molar-refractivity contribution in [1.82, 2.24) is 4.90 Å². The van der Waals surface area contributed by atoms with E-state index >= 15 is 0 Å². The first-order chi connectivity index (χ1) is 17.0. The van der Waals surface area contributed by atoms with E-state index < -0.39 is 0 Å². The van der Waals surface area contributed by atoms with Gasteiger partial charge in [0.25, 0.3) is 11.8 Å². The van der Waals surface area contributed by atoms with Gasteiger partial charge in [-0.2, -0.15) is 0 Å². The van der Waals surface area contributed by atoms with Crippen molar-refractivity contribution in [2.75, 3.05) is 43.0 Å². The minimum Gasteiger partial charge on any atom is -0.492 e. The smallest absolute Gasteiger partial charge is 0.255 e. The topological polar surface area (TPSA) is 61.9 Å². The molecule has 1 saturated heterocycles. The van der Waals surface area contributed by atoms with Gasteiger partial charge in [0.05, 0.1) is 11.6 Å². The van der Waals surface area contributed by atoms with Crippen LogP contribution in [0, 0.1) is 0 Å². The van der Waals surface area contributed by atoms with Crippen LogP contribution in [0.25, 0.3) is 0 Å². The van der Waals surface area contributed by atoms with Crippen LogP contribution in [0.5, 0.6) is 5.75 Å². The van der Waals surface area contributed by atoms with Gasteiger partial charge in [-0.3, -0.25) is 9.59 Å². The van der Waals surface area contributed by atoms with E-state index in [1.165, 1.54) is 5.56 Å². The summed E-state index contributed by atoms with van der Waals surface area (Å²) in [6.45, 7) is 7.36. The first-order valence-electron chi connectivity index (χ1n) is 12.0. The van der Waals surface area contributed by atoms with Gasteiger partial charge in [-0.25, -0.2) is 0 Å². The Morgan fingerprint density at radius 3 is 2.14 bits per heavy atom. The van der Waals surface area contributed by atoms with Crippen LogP contribution >= 0.6 is 11.6 Å². The van der Waals surface area contributed by atoms with E-state index in [-0.39, 0.29) is 11.8 Å². The number of rotatable bonds is 7. The Hall–Kier alpha value is -3.51. The molecule has 0 aliphatic carbocycles. The Morgan fingerprint density at radius 1 is 0.886 bits per heavy atom. The highest BCUT2D eigenvalue weighted by molar-refractivity contribution is 6.32. The number of carbonyl (C=O) groups is 2. The normalized spacial score (nSPS) is 13.5. The molecule has 4 rings (SSSR count). The summed E-state index contributed by atoms with van der Waals surface area (Å²) in [5.74, 6) is 0.410. The third-order valence-corrected chi connectivity index (χ3v) is 6.46. The fraction of sp³-hybridized carbons (Fsp3) is 0.286. The summed E-state index contributed by atoms with van der Waals surface area (Å²) in [4.78, 5) is 29.6.